The van der Waals surface area contributed by atoms with Crippen LogP contribution in [0.3, 0.4) is 0 Å². The minimum atomic E-state index is -1.10. The molecule has 210 valence electrons. The van der Waals surface area contributed by atoms with Crippen LogP contribution in [-0.4, -0.2) is 19.1 Å². The van der Waals surface area contributed by atoms with Gasteiger partial charge in [0.15, 0.2) is 5.60 Å². The molecule has 2 aliphatic heterocycles. The number of esters is 1. The van der Waals surface area contributed by atoms with E-state index in [1.54, 1.807) is 0 Å². The molecule has 41 heavy (non-hydrogen) atoms. The number of carbonyl (C=O) groups is 1. The van der Waals surface area contributed by atoms with E-state index in [1.165, 1.54) is 0 Å². The molecular weight excluding hydrogens is 532 g/mol. The molecule has 0 radical (unpaired) electrons. The number of anilines is 2. The van der Waals surface area contributed by atoms with E-state index in [0.29, 0.717) is 28.6 Å². The number of hydrogen-bond donors (Lipinski definition) is 1. The Labute approximate surface area is 247 Å². The summed E-state index contributed by atoms with van der Waals surface area (Å²) in [5, 5.41) is 4.21. The molecule has 0 unspecified atom stereocenters. The molecule has 6 rings (SSSR count). The maximum atomic E-state index is 13.3. The van der Waals surface area contributed by atoms with E-state index in [1.807, 2.05) is 66.7 Å². The average Bonchev–Trinajstić information content (AvgIpc) is 3.29. The van der Waals surface area contributed by atoms with Gasteiger partial charge in [-0.1, -0.05) is 74.7 Å². The Morgan fingerprint density at radius 1 is 0.805 bits per heavy atom. The van der Waals surface area contributed by atoms with Crippen molar-refractivity contribution in [3.8, 4) is 11.5 Å². The highest BCUT2D eigenvalue weighted by molar-refractivity contribution is 6.31. The van der Waals surface area contributed by atoms with Crippen molar-refractivity contribution in [1.29, 1.82) is 0 Å². The molecule has 0 aromatic heterocycles. The van der Waals surface area contributed by atoms with Crippen LogP contribution in [0.4, 0.5) is 11.4 Å². The van der Waals surface area contributed by atoms with Crippen molar-refractivity contribution in [3.63, 3.8) is 0 Å². The Hall–Kier alpha value is -3.96. The second-order valence-corrected chi connectivity index (χ2v) is 11.2. The number of nitrogens with zero attached hydrogens (tertiary/aromatic N) is 1. The minimum absolute atomic E-state index is 0.328. The van der Waals surface area contributed by atoms with Gasteiger partial charge in [-0.15, -0.1) is 0 Å². The number of halogens is 1. The van der Waals surface area contributed by atoms with Crippen LogP contribution in [0, 0.1) is 0 Å². The Morgan fingerprint density at radius 3 is 2.34 bits per heavy atom. The van der Waals surface area contributed by atoms with Gasteiger partial charge in [-0.25, -0.2) is 4.79 Å². The smallest absolute Gasteiger partial charge is 0.340 e. The molecule has 0 fully saturated rings. The fraction of sp³-hybridized carbons (Fsp3) is 0.286. The van der Waals surface area contributed by atoms with E-state index in [-0.39, 0.29) is 5.97 Å². The van der Waals surface area contributed by atoms with Gasteiger partial charge in [-0.2, -0.15) is 0 Å². The Balaban J connectivity index is 1.44. The van der Waals surface area contributed by atoms with Crippen molar-refractivity contribution in [2.24, 2.45) is 0 Å². The number of benzene rings is 4. The van der Waals surface area contributed by atoms with Crippen LogP contribution in [0.5, 0.6) is 11.5 Å². The zero-order chi connectivity index (χ0) is 28.4. The monoisotopic (exact) mass is 566 g/mol. The molecule has 1 N–H and O–H groups in total. The first-order valence-corrected chi connectivity index (χ1v) is 14.9. The summed E-state index contributed by atoms with van der Waals surface area (Å²) in [6.07, 6.45) is 4.53. The highest BCUT2D eigenvalue weighted by Gasteiger charge is 2.53. The standard InChI is InChI=1S/C35H35ClN2O3/c1-3-5-19-38(20-6-4-2)26-16-17-29-33(22-26)40-32-18-15-25(37-23-24-11-7-10-14-31(24)36)21-30(32)35(29)28-13-9-8-12-27(28)34(39)41-35/h7-18,21-22,37H,3-6,19-20,23H2,1-2H3/t35-/m0/s1. The topological polar surface area (TPSA) is 50.8 Å². The summed E-state index contributed by atoms with van der Waals surface area (Å²) in [7, 11) is 0. The molecule has 2 aliphatic rings. The zero-order valence-electron chi connectivity index (χ0n) is 23.6. The van der Waals surface area contributed by atoms with Gasteiger partial charge in [0.05, 0.1) is 5.56 Å². The van der Waals surface area contributed by atoms with Crippen LogP contribution >= 0.6 is 11.6 Å². The normalized spacial score (nSPS) is 16.4. The lowest BCUT2D eigenvalue weighted by molar-refractivity contribution is 0.0224. The van der Waals surface area contributed by atoms with Crippen LogP contribution in [0.2, 0.25) is 5.02 Å². The lowest BCUT2D eigenvalue weighted by Gasteiger charge is -2.37. The lowest BCUT2D eigenvalue weighted by atomic mass is 9.77. The van der Waals surface area contributed by atoms with Gasteiger partial charge < -0.3 is 19.7 Å². The van der Waals surface area contributed by atoms with E-state index in [9.17, 15) is 4.79 Å². The number of fused-ring (bicyclic) bond motifs is 6. The van der Waals surface area contributed by atoms with E-state index in [0.717, 1.165) is 72.4 Å². The first-order chi connectivity index (χ1) is 20.0. The minimum Gasteiger partial charge on any atom is -0.456 e. The quantitative estimate of drug-likeness (QED) is 0.194. The molecular formula is C35H35ClN2O3. The largest absolute Gasteiger partial charge is 0.456 e. The third-order valence-electron chi connectivity index (χ3n) is 8.06. The summed E-state index contributed by atoms with van der Waals surface area (Å²) in [5.74, 6) is 1.07. The first-order valence-electron chi connectivity index (χ1n) is 14.6. The van der Waals surface area contributed by atoms with Crippen molar-refractivity contribution in [2.75, 3.05) is 23.3 Å². The predicted molar refractivity (Wildman–Crippen MR) is 166 cm³/mol. The second-order valence-electron chi connectivity index (χ2n) is 10.7. The van der Waals surface area contributed by atoms with Crippen molar-refractivity contribution in [3.05, 3.63) is 118 Å². The summed E-state index contributed by atoms with van der Waals surface area (Å²) >= 11 is 6.40. The molecule has 0 amide bonds. The lowest BCUT2D eigenvalue weighted by Crippen LogP contribution is -2.33. The van der Waals surface area contributed by atoms with Crippen molar-refractivity contribution < 1.29 is 14.3 Å². The van der Waals surface area contributed by atoms with Crippen molar-refractivity contribution in [1.82, 2.24) is 0 Å². The molecule has 0 saturated carbocycles. The van der Waals surface area contributed by atoms with Gasteiger partial charge in [-0.3, -0.25) is 0 Å². The summed E-state index contributed by atoms with van der Waals surface area (Å²) in [5.41, 5.74) is 4.96. The number of hydrogen-bond acceptors (Lipinski definition) is 5. The van der Waals surface area contributed by atoms with Gasteiger partial charge in [0.1, 0.15) is 11.5 Å². The van der Waals surface area contributed by atoms with E-state index in [4.69, 9.17) is 21.1 Å². The number of nitrogens with one attached hydrogen (secondary N) is 1. The maximum Gasteiger partial charge on any atom is 0.340 e. The zero-order valence-corrected chi connectivity index (χ0v) is 24.3. The number of rotatable bonds is 10. The summed E-state index contributed by atoms with van der Waals surface area (Å²) in [6.45, 7) is 6.99. The van der Waals surface area contributed by atoms with Gasteiger partial charge in [0, 0.05) is 58.8 Å². The molecule has 0 saturated heterocycles. The highest BCUT2D eigenvalue weighted by Crippen LogP contribution is 2.57. The predicted octanol–water partition coefficient (Wildman–Crippen LogP) is 8.93. The molecule has 1 spiro atoms. The maximum absolute atomic E-state index is 13.3. The van der Waals surface area contributed by atoms with Gasteiger partial charge in [0.2, 0.25) is 0 Å². The number of carbonyl (C=O) groups excluding carboxylic acids is 1. The first kappa shape index (κ1) is 27.2. The average molecular weight is 567 g/mol. The third-order valence-corrected chi connectivity index (χ3v) is 8.43. The Bertz CT molecular complexity index is 1580. The molecule has 0 aliphatic carbocycles. The molecule has 0 bridgehead atoms. The molecule has 6 heteroatoms. The number of unbranched alkanes of at least 4 members (excludes halogenated alkanes) is 2. The third kappa shape index (κ3) is 4.93. The second kappa shape index (κ2) is 11.5. The molecule has 4 aromatic carbocycles. The molecule has 5 nitrogen and oxygen atoms in total. The molecule has 2 heterocycles. The molecule has 1 atom stereocenters. The van der Waals surface area contributed by atoms with Crippen LogP contribution < -0.4 is 15.0 Å². The fourth-order valence-corrected chi connectivity index (χ4v) is 6.08. The van der Waals surface area contributed by atoms with E-state index in [2.05, 4.69) is 42.3 Å². The van der Waals surface area contributed by atoms with Crippen LogP contribution in [-0.2, 0) is 16.9 Å². The van der Waals surface area contributed by atoms with Gasteiger partial charge >= 0.3 is 5.97 Å². The van der Waals surface area contributed by atoms with E-state index < -0.39 is 5.60 Å². The van der Waals surface area contributed by atoms with Gasteiger partial charge in [0.25, 0.3) is 0 Å². The molecule has 4 aromatic rings. The Morgan fingerprint density at radius 2 is 1.56 bits per heavy atom. The summed E-state index contributed by atoms with van der Waals surface area (Å²) in [4.78, 5) is 15.7. The summed E-state index contributed by atoms with van der Waals surface area (Å²) < 4.78 is 13.0. The summed E-state index contributed by atoms with van der Waals surface area (Å²) in [6, 6.07) is 27.8. The Kier molecular flexibility index (Phi) is 7.63. The van der Waals surface area contributed by atoms with Crippen molar-refractivity contribution >= 4 is 28.9 Å². The van der Waals surface area contributed by atoms with E-state index >= 15 is 0 Å². The highest BCUT2D eigenvalue weighted by atomic mass is 35.5. The van der Waals surface area contributed by atoms with Crippen LogP contribution in [0.25, 0.3) is 0 Å². The van der Waals surface area contributed by atoms with Crippen LogP contribution in [0.1, 0.15) is 72.1 Å². The SMILES string of the molecule is CCCCN(CCCC)c1ccc2c(c1)Oc1ccc(NCc3ccccc3Cl)cc1[C@@]21OC(=O)c2ccccc21. The van der Waals surface area contributed by atoms with Crippen LogP contribution in [0.15, 0.2) is 84.9 Å². The fourth-order valence-electron chi connectivity index (χ4n) is 5.87. The van der Waals surface area contributed by atoms with Gasteiger partial charge in [-0.05, 0) is 60.9 Å². The van der Waals surface area contributed by atoms with Crippen molar-refractivity contribution in [2.45, 2.75) is 51.7 Å². The number of ether oxygens (including phenoxy) is 2.